The van der Waals surface area contributed by atoms with E-state index in [0.29, 0.717) is 17.5 Å². The molecule has 280 valence electrons. The highest BCUT2D eigenvalue weighted by atomic mass is 16.3. The van der Waals surface area contributed by atoms with Crippen molar-refractivity contribution in [1.29, 1.82) is 0 Å². The molecule has 0 bridgehead atoms. The number of benzene rings is 8. The fraction of sp³-hybridized carbons (Fsp3) is 0. The molecule has 0 radical (unpaired) electrons. The Morgan fingerprint density at radius 2 is 0.800 bits per heavy atom. The molecule has 0 saturated heterocycles. The molecule has 0 N–H and O–H groups in total. The molecule has 4 heterocycles. The first-order valence-corrected chi connectivity index (χ1v) is 20.0. The van der Waals surface area contributed by atoms with Gasteiger partial charge in [-0.1, -0.05) is 170 Å². The number of hydrogen-bond donors (Lipinski definition) is 0. The number of pyridine rings is 1. The zero-order valence-corrected chi connectivity index (χ0v) is 32.1. The molecule has 0 amide bonds. The van der Waals surface area contributed by atoms with E-state index in [2.05, 4.69) is 103 Å². The van der Waals surface area contributed by atoms with Gasteiger partial charge in [-0.3, -0.25) is 0 Å². The Balaban J connectivity index is 0.955. The summed E-state index contributed by atoms with van der Waals surface area (Å²) in [4.78, 5) is 20.1. The van der Waals surface area contributed by atoms with Gasteiger partial charge in [0.1, 0.15) is 22.4 Å². The van der Waals surface area contributed by atoms with Crippen LogP contribution in [0.15, 0.2) is 203 Å². The molecule has 12 rings (SSSR count). The second-order valence-corrected chi connectivity index (χ2v) is 15.0. The highest BCUT2D eigenvalue weighted by molar-refractivity contribution is 6.21. The van der Waals surface area contributed by atoms with Gasteiger partial charge in [0.05, 0.1) is 5.52 Å². The predicted octanol–water partition coefficient (Wildman–Crippen LogP) is 14.2. The number of para-hydroxylation sites is 2. The van der Waals surface area contributed by atoms with Crippen molar-refractivity contribution in [1.82, 2.24) is 19.9 Å². The molecule has 0 aliphatic heterocycles. The van der Waals surface area contributed by atoms with Gasteiger partial charge in [-0.05, 0) is 46.5 Å². The van der Waals surface area contributed by atoms with Gasteiger partial charge in [-0.15, -0.1) is 0 Å². The Hall–Kier alpha value is -8.22. The second-order valence-electron chi connectivity index (χ2n) is 15.0. The molecule has 0 atom stereocenters. The number of nitrogens with zero attached hydrogens (tertiary/aromatic N) is 4. The first kappa shape index (κ1) is 33.9. The Morgan fingerprint density at radius 3 is 1.47 bits per heavy atom. The van der Waals surface area contributed by atoms with Gasteiger partial charge in [0.15, 0.2) is 23.1 Å². The SMILES string of the molecule is c1ccc(-c2nc(-c3ccccc3)nc(-c3ccc(-c4nc5cc(-c6ccc(-c7cccc8oc9ccccc9c78)cc6)ccc5c5c4oc4ccccc45)cc3)n2)cc1. The molecule has 0 fully saturated rings. The monoisotopic (exact) mass is 768 g/mol. The molecule has 6 nitrogen and oxygen atoms in total. The van der Waals surface area contributed by atoms with Crippen LogP contribution in [0.5, 0.6) is 0 Å². The Labute approximate surface area is 344 Å². The van der Waals surface area contributed by atoms with Gasteiger partial charge < -0.3 is 8.83 Å². The molecule has 0 aliphatic rings. The average molecular weight is 769 g/mol. The first-order chi connectivity index (χ1) is 29.7. The van der Waals surface area contributed by atoms with Crippen LogP contribution < -0.4 is 0 Å². The van der Waals surface area contributed by atoms with Gasteiger partial charge in [0, 0.05) is 49.2 Å². The lowest BCUT2D eigenvalue weighted by molar-refractivity contribution is 0.668. The maximum absolute atomic E-state index is 6.61. The van der Waals surface area contributed by atoms with Crippen LogP contribution in [0.4, 0.5) is 0 Å². The lowest BCUT2D eigenvalue weighted by Gasteiger charge is -2.11. The molecule has 0 spiro atoms. The van der Waals surface area contributed by atoms with Gasteiger partial charge in [0.2, 0.25) is 0 Å². The third-order valence-corrected chi connectivity index (χ3v) is 11.4. The summed E-state index contributed by atoms with van der Waals surface area (Å²) in [6.45, 7) is 0. The normalized spacial score (nSPS) is 11.7. The summed E-state index contributed by atoms with van der Waals surface area (Å²) in [7, 11) is 0. The fourth-order valence-corrected chi connectivity index (χ4v) is 8.43. The minimum Gasteiger partial charge on any atom is -0.456 e. The second kappa shape index (κ2) is 13.7. The van der Waals surface area contributed by atoms with Crippen molar-refractivity contribution in [2.45, 2.75) is 0 Å². The van der Waals surface area contributed by atoms with E-state index in [0.717, 1.165) is 105 Å². The van der Waals surface area contributed by atoms with E-state index in [-0.39, 0.29) is 0 Å². The summed E-state index contributed by atoms with van der Waals surface area (Å²) in [6, 6.07) is 66.3. The van der Waals surface area contributed by atoms with Crippen LogP contribution in [0, 0.1) is 0 Å². The maximum atomic E-state index is 6.61. The lowest BCUT2D eigenvalue weighted by Crippen LogP contribution is -2.00. The third kappa shape index (κ3) is 5.65. The van der Waals surface area contributed by atoms with E-state index < -0.39 is 0 Å². The predicted molar refractivity (Wildman–Crippen MR) is 242 cm³/mol. The van der Waals surface area contributed by atoms with Crippen LogP contribution in [0.1, 0.15) is 0 Å². The van der Waals surface area contributed by atoms with Crippen LogP contribution in [0.25, 0.3) is 122 Å². The molecule has 8 aromatic carbocycles. The van der Waals surface area contributed by atoms with Gasteiger partial charge in [-0.2, -0.15) is 0 Å². The molecule has 4 aromatic heterocycles. The molecule has 0 aliphatic carbocycles. The standard InChI is InChI=1S/C54H32N4O2/c1-3-12-36(13-4-1)52-56-53(37-14-5-2-6-15-37)58-54(57-52)38-28-26-35(27-29-38)50-51-49(43-17-8-10-20-46(43)60-51)41-31-30-39(32-44(41)55-50)33-22-24-34(25-23-33)40-18-11-21-47-48(40)42-16-7-9-19-45(42)59-47/h1-32H. The van der Waals surface area contributed by atoms with Crippen LogP contribution in [-0.4, -0.2) is 19.9 Å². The van der Waals surface area contributed by atoms with Crippen molar-refractivity contribution in [2.24, 2.45) is 0 Å². The van der Waals surface area contributed by atoms with Crippen molar-refractivity contribution < 1.29 is 8.83 Å². The lowest BCUT2D eigenvalue weighted by atomic mass is 9.96. The van der Waals surface area contributed by atoms with Gasteiger partial charge >= 0.3 is 0 Å². The Kier molecular flexibility index (Phi) is 7.74. The smallest absolute Gasteiger partial charge is 0.164 e. The van der Waals surface area contributed by atoms with Crippen LogP contribution in [-0.2, 0) is 0 Å². The number of aromatic nitrogens is 4. The van der Waals surface area contributed by atoms with Crippen LogP contribution in [0.3, 0.4) is 0 Å². The molecule has 6 heteroatoms. The van der Waals surface area contributed by atoms with E-state index in [1.54, 1.807) is 0 Å². The molecule has 0 unspecified atom stereocenters. The topological polar surface area (TPSA) is 77.8 Å². The largest absolute Gasteiger partial charge is 0.456 e. The quantitative estimate of drug-likeness (QED) is 0.168. The minimum atomic E-state index is 0.597. The third-order valence-electron chi connectivity index (χ3n) is 11.4. The molecular weight excluding hydrogens is 737 g/mol. The summed E-state index contributed by atoms with van der Waals surface area (Å²) in [6.07, 6.45) is 0. The minimum absolute atomic E-state index is 0.597. The maximum Gasteiger partial charge on any atom is 0.164 e. The number of furan rings is 2. The van der Waals surface area contributed by atoms with E-state index in [9.17, 15) is 0 Å². The number of rotatable bonds is 6. The summed E-state index contributed by atoms with van der Waals surface area (Å²) in [5.74, 6) is 1.84. The van der Waals surface area contributed by atoms with E-state index in [1.165, 1.54) is 0 Å². The number of fused-ring (bicyclic) bond motifs is 8. The summed E-state index contributed by atoms with van der Waals surface area (Å²) < 4.78 is 12.8. The van der Waals surface area contributed by atoms with Crippen LogP contribution >= 0.6 is 0 Å². The van der Waals surface area contributed by atoms with Gasteiger partial charge in [-0.25, -0.2) is 19.9 Å². The van der Waals surface area contributed by atoms with Crippen LogP contribution in [0.2, 0.25) is 0 Å². The summed E-state index contributed by atoms with van der Waals surface area (Å²) in [5, 5.41) is 5.41. The fourth-order valence-electron chi connectivity index (χ4n) is 8.43. The highest BCUT2D eigenvalue weighted by Crippen LogP contribution is 2.41. The summed E-state index contributed by atoms with van der Waals surface area (Å²) >= 11 is 0. The molecular formula is C54H32N4O2. The van der Waals surface area contributed by atoms with Crippen molar-refractivity contribution in [3.63, 3.8) is 0 Å². The molecule has 12 aromatic rings. The average Bonchev–Trinajstić information content (AvgIpc) is 3.91. The Morgan fingerprint density at radius 1 is 0.300 bits per heavy atom. The van der Waals surface area contributed by atoms with E-state index in [1.807, 2.05) is 91.0 Å². The van der Waals surface area contributed by atoms with Crippen molar-refractivity contribution in [2.75, 3.05) is 0 Å². The Bertz CT molecular complexity index is 3520. The van der Waals surface area contributed by atoms with E-state index >= 15 is 0 Å². The van der Waals surface area contributed by atoms with Gasteiger partial charge in [0.25, 0.3) is 0 Å². The first-order valence-electron chi connectivity index (χ1n) is 20.0. The zero-order chi connectivity index (χ0) is 39.6. The molecule has 0 saturated carbocycles. The number of hydrogen-bond acceptors (Lipinski definition) is 6. The molecule has 60 heavy (non-hydrogen) atoms. The van der Waals surface area contributed by atoms with Crippen molar-refractivity contribution >= 4 is 54.8 Å². The summed E-state index contributed by atoms with van der Waals surface area (Å²) in [5.41, 5.74) is 13.2. The van der Waals surface area contributed by atoms with Crippen molar-refractivity contribution in [3.8, 4) is 67.7 Å². The van der Waals surface area contributed by atoms with Crippen molar-refractivity contribution in [3.05, 3.63) is 194 Å². The zero-order valence-electron chi connectivity index (χ0n) is 32.1. The van der Waals surface area contributed by atoms with E-state index in [4.69, 9.17) is 28.8 Å². The highest BCUT2D eigenvalue weighted by Gasteiger charge is 2.20.